The lowest BCUT2D eigenvalue weighted by Gasteiger charge is -2.11. The highest BCUT2D eigenvalue weighted by Crippen LogP contribution is 2.31. The topological polar surface area (TPSA) is 82.5 Å². The molecule has 1 heterocycles. The van der Waals surface area contributed by atoms with Crippen molar-refractivity contribution in [3.63, 3.8) is 0 Å². The van der Waals surface area contributed by atoms with Crippen molar-refractivity contribution >= 4 is 11.6 Å². The minimum Gasteiger partial charge on any atom is -0.493 e. The summed E-state index contributed by atoms with van der Waals surface area (Å²) in [4.78, 5) is 24.5. The molecule has 0 unspecified atom stereocenters. The molecule has 1 amide bonds. The summed E-state index contributed by atoms with van der Waals surface area (Å²) in [5.41, 5.74) is 4.21. The molecule has 31 heavy (non-hydrogen) atoms. The molecule has 0 aliphatic rings. The monoisotopic (exact) mass is 421 g/mol. The third-order valence-electron chi connectivity index (χ3n) is 4.98. The van der Waals surface area contributed by atoms with Crippen molar-refractivity contribution in [3.8, 4) is 22.8 Å². The summed E-state index contributed by atoms with van der Waals surface area (Å²) in [5, 5.41) is 7.38. The van der Waals surface area contributed by atoms with Gasteiger partial charge in [-0.1, -0.05) is 17.7 Å². The largest absolute Gasteiger partial charge is 0.493 e. The van der Waals surface area contributed by atoms with Gasteiger partial charge in [-0.2, -0.15) is 5.10 Å². The number of nitrogens with one attached hydrogen (secondary N) is 1. The first kappa shape index (κ1) is 22.1. The zero-order valence-corrected chi connectivity index (χ0v) is 18.3. The van der Waals surface area contributed by atoms with Gasteiger partial charge in [0.15, 0.2) is 11.5 Å². The number of benzene rings is 2. The van der Waals surface area contributed by atoms with Gasteiger partial charge >= 0.3 is 0 Å². The van der Waals surface area contributed by atoms with Crippen molar-refractivity contribution in [2.45, 2.75) is 33.2 Å². The Morgan fingerprint density at radius 3 is 2.48 bits per heavy atom. The molecular weight excluding hydrogens is 394 g/mol. The molecule has 1 aromatic heterocycles. The lowest BCUT2D eigenvalue weighted by atomic mass is 10.1. The minimum atomic E-state index is -0.209. The van der Waals surface area contributed by atoms with E-state index < -0.39 is 0 Å². The Morgan fingerprint density at radius 2 is 1.77 bits per heavy atom. The van der Waals surface area contributed by atoms with Gasteiger partial charge in [0.2, 0.25) is 5.91 Å². The van der Waals surface area contributed by atoms with Crippen molar-refractivity contribution in [2.24, 2.45) is 0 Å². The number of nitrogens with zero attached hydrogens (tertiary/aromatic N) is 2. The molecule has 2 aromatic carbocycles. The summed E-state index contributed by atoms with van der Waals surface area (Å²) in [5.74, 6) is 1.12. The predicted octanol–water partition coefficient (Wildman–Crippen LogP) is 3.96. The lowest BCUT2D eigenvalue weighted by molar-refractivity contribution is -0.116. The first-order valence-corrected chi connectivity index (χ1v) is 10.1. The van der Waals surface area contributed by atoms with Crippen molar-refractivity contribution in [2.75, 3.05) is 19.5 Å². The molecule has 0 atom stereocenters. The van der Waals surface area contributed by atoms with E-state index in [2.05, 4.69) is 10.4 Å². The van der Waals surface area contributed by atoms with Crippen molar-refractivity contribution < 1.29 is 14.3 Å². The summed E-state index contributed by atoms with van der Waals surface area (Å²) >= 11 is 0. The van der Waals surface area contributed by atoms with Crippen LogP contribution in [-0.4, -0.2) is 29.9 Å². The average molecular weight is 421 g/mol. The smallest absolute Gasteiger partial charge is 0.266 e. The van der Waals surface area contributed by atoms with Gasteiger partial charge < -0.3 is 14.8 Å². The van der Waals surface area contributed by atoms with E-state index >= 15 is 0 Å². The van der Waals surface area contributed by atoms with E-state index in [1.165, 1.54) is 10.7 Å². The quantitative estimate of drug-likeness (QED) is 0.595. The maximum atomic E-state index is 12.3. The summed E-state index contributed by atoms with van der Waals surface area (Å²) in [6.45, 7) is 4.32. The van der Waals surface area contributed by atoms with Crippen molar-refractivity contribution in [3.05, 3.63) is 70.0 Å². The Labute approximate surface area is 181 Å². The zero-order valence-electron chi connectivity index (χ0n) is 18.3. The van der Waals surface area contributed by atoms with Gasteiger partial charge in [0, 0.05) is 30.3 Å². The van der Waals surface area contributed by atoms with Gasteiger partial charge in [0.25, 0.3) is 5.56 Å². The average Bonchev–Trinajstić information content (AvgIpc) is 2.76. The van der Waals surface area contributed by atoms with Crippen LogP contribution in [0.4, 0.5) is 5.69 Å². The number of carbonyl (C=O) groups excluding carboxylic acids is 1. The molecule has 0 aliphatic carbocycles. The van der Waals surface area contributed by atoms with Crippen LogP contribution in [0.2, 0.25) is 0 Å². The van der Waals surface area contributed by atoms with E-state index in [9.17, 15) is 9.59 Å². The normalized spacial score (nSPS) is 10.6. The molecule has 1 N–H and O–H groups in total. The van der Waals surface area contributed by atoms with Gasteiger partial charge in [0.1, 0.15) is 0 Å². The van der Waals surface area contributed by atoms with Crippen LogP contribution in [0.25, 0.3) is 11.3 Å². The van der Waals surface area contributed by atoms with E-state index in [-0.39, 0.29) is 11.5 Å². The Kier molecular flexibility index (Phi) is 7.07. The third kappa shape index (κ3) is 5.51. The van der Waals surface area contributed by atoms with Crippen LogP contribution < -0.4 is 20.3 Å². The number of carbonyl (C=O) groups is 1. The van der Waals surface area contributed by atoms with Crippen LogP contribution >= 0.6 is 0 Å². The van der Waals surface area contributed by atoms with E-state index in [0.717, 1.165) is 22.4 Å². The fourth-order valence-corrected chi connectivity index (χ4v) is 3.31. The number of aromatic nitrogens is 2. The second-order valence-electron chi connectivity index (χ2n) is 7.32. The number of amides is 1. The van der Waals surface area contributed by atoms with E-state index in [0.29, 0.717) is 36.6 Å². The van der Waals surface area contributed by atoms with Gasteiger partial charge in [-0.25, -0.2) is 4.68 Å². The molecule has 0 radical (unpaired) electrons. The fourth-order valence-electron chi connectivity index (χ4n) is 3.31. The number of anilines is 1. The van der Waals surface area contributed by atoms with Crippen LogP contribution in [0.5, 0.6) is 11.5 Å². The van der Waals surface area contributed by atoms with Gasteiger partial charge in [-0.15, -0.1) is 0 Å². The number of rotatable bonds is 8. The Morgan fingerprint density at radius 1 is 1.00 bits per heavy atom. The summed E-state index contributed by atoms with van der Waals surface area (Å²) in [7, 11) is 3.14. The fraction of sp³-hybridized carbons (Fsp3) is 0.292. The van der Waals surface area contributed by atoms with Gasteiger partial charge in [-0.3, -0.25) is 9.59 Å². The van der Waals surface area contributed by atoms with E-state index in [1.54, 1.807) is 26.4 Å². The first-order valence-electron chi connectivity index (χ1n) is 10.1. The summed E-state index contributed by atoms with van der Waals surface area (Å²) < 4.78 is 12.0. The first-order chi connectivity index (χ1) is 14.9. The lowest BCUT2D eigenvalue weighted by Crippen LogP contribution is -2.23. The SMILES string of the molecule is COc1ccc(-c2ccc(=O)n(CCCC(=O)Nc3ccc(C)cc3C)n2)cc1OC. The number of hydrogen-bond acceptors (Lipinski definition) is 5. The Hall–Kier alpha value is -3.61. The predicted molar refractivity (Wildman–Crippen MR) is 121 cm³/mol. The number of hydrogen-bond donors (Lipinski definition) is 1. The third-order valence-corrected chi connectivity index (χ3v) is 4.98. The minimum absolute atomic E-state index is 0.0870. The highest BCUT2D eigenvalue weighted by atomic mass is 16.5. The molecule has 3 rings (SSSR count). The highest BCUT2D eigenvalue weighted by molar-refractivity contribution is 5.91. The van der Waals surface area contributed by atoms with Crippen LogP contribution in [-0.2, 0) is 11.3 Å². The van der Waals surface area contributed by atoms with Crippen LogP contribution in [0.15, 0.2) is 53.3 Å². The molecule has 7 heteroatoms. The van der Waals surface area contributed by atoms with Crippen LogP contribution in [0.3, 0.4) is 0 Å². The molecule has 162 valence electrons. The Bertz CT molecular complexity index is 1140. The van der Waals surface area contributed by atoms with Crippen molar-refractivity contribution in [1.82, 2.24) is 9.78 Å². The molecular formula is C24H27N3O4. The van der Waals surface area contributed by atoms with Gasteiger partial charge in [-0.05, 0) is 56.2 Å². The molecule has 0 fully saturated rings. The number of aryl methyl sites for hydroxylation is 3. The van der Waals surface area contributed by atoms with Crippen LogP contribution in [0, 0.1) is 13.8 Å². The number of ether oxygens (including phenoxy) is 2. The molecule has 0 saturated heterocycles. The molecule has 0 saturated carbocycles. The van der Waals surface area contributed by atoms with E-state index in [1.807, 2.05) is 44.2 Å². The molecule has 0 bridgehead atoms. The van der Waals surface area contributed by atoms with Gasteiger partial charge in [0.05, 0.1) is 19.9 Å². The maximum Gasteiger partial charge on any atom is 0.266 e. The van der Waals surface area contributed by atoms with E-state index in [4.69, 9.17) is 9.47 Å². The molecule has 0 spiro atoms. The highest BCUT2D eigenvalue weighted by Gasteiger charge is 2.10. The maximum absolute atomic E-state index is 12.3. The zero-order chi connectivity index (χ0) is 22.4. The standard InChI is InChI=1S/C24H27N3O4/c1-16-7-9-19(17(2)14-16)25-23(28)6-5-13-27-24(29)12-10-20(26-27)18-8-11-21(30-3)22(15-18)31-4/h7-12,14-15H,5-6,13H2,1-4H3,(H,25,28). The number of methoxy groups -OCH3 is 2. The molecule has 7 nitrogen and oxygen atoms in total. The second-order valence-corrected chi connectivity index (χ2v) is 7.32. The summed E-state index contributed by atoms with van der Waals surface area (Å²) in [6, 6.07) is 14.5. The molecule has 0 aliphatic heterocycles. The van der Waals surface area contributed by atoms with Crippen LogP contribution in [0.1, 0.15) is 24.0 Å². The second kappa shape index (κ2) is 9.93. The molecule has 3 aromatic rings. The van der Waals surface area contributed by atoms with Crippen molar-refractivity contribution in [1.29, 1.82) is 0 Å². The summed E-state index contributed by atoms with van der Waals surface area (Å²) in [6.07, 6.45) is 0.793. The Balaban J connectivity index is 1.66.